The first-order valence-electron chi connectivity index (χ1n) is 36.2. The van der Waals surface area contributed by atoms with Crippen LogP contribution in [0.25, 0.3) is 0 Å². The number of benzene rings is 3. The van der Waals surface area contributed by atoms with E-state index in [2.05, 4.69) is 26.7 Å². The van der Waals surface area contributed by atoms with E-state index in [1.54, 1.807) is 55.4 Å². The van der Waals surface area contributed by atoms with Gasteiger partial charge in [0.25, 0.3) is 59.1 Å². The summed E-state index contributed by atoms with van der Waals surface area (Å²) in [6.07, 6.45) is 12.2. The molecule has 10 heterocycles. The lowest BCUT2D eigenvalue weighted by molar-refractivity contribution is -0.138. The van der Waals surface area contributed by atoms with Gasteiger partial charge in [-0.2, -0.15) is 26.3 Å². The fraction of sp³-hybridized carbons (Fsp3) is 0.398. The van der Waals surface area contributed by atoms with E-state index < -0.39 is 47.1 Å². The third-order valence-corrected chi connectivity index (χ3v) is 22.6. The van der Waals surface area contributed by atoms with Gasteiger partial charge in [-0.15, -0.1) is 46.4 Å². The molecule has 17 nitrogen and oxygen atoms in total. The van der Waals surface area contributed by atoms with Crippen LogP contribution in [-0.2, 0) is 18.8 Å². The van der Waals surface area contributed by atoms with Crippen LogP contribution in [0.1, 0.15) is 287 Å². The fourth-order valence-electron chi connectivity index (χ4n) is 14.1. The Morgan fingerprint density at radius 1 is 0.385 bits per heavy atom. The van der Waals surface area contributed by atoms with Gasteiger partial charge in [0, 0.05) is 52.6 Å². The van der Waals surface area contributed by atoms with Crippen LogP contribution in [0.4, 0.5) is 43.4 Å². The molecule has 0 spiro atoms. The number of carbonyl (C=O) groups is 10. The average Bonchev–Trinajstić information content (AvgIpc) is 1.61. The molecule has 26 heteroatoms. The van der Waals surface area contributed by atoms with Crippen LogP contribution in [0.2, 0.25) is 0 Å². The zero-order valence-corrected chi connectivity index (χ0v) is 65.9. The number of rotatable bonds is 20. The highest BCUT2D eigenvalue weighted by Crippen LogP contribution is 2.43. The second-order valence-corrected chi connectivity index (χ2v) is 31.8. The lowest BCUT2D eigenvalue weighted by Crippen LogP contribution is -2.34. The quantitative estimate of drug-likeness (QED) is 0.0302. The van der Waals surface area contributed by atoms with Crippen LogP contribution in [0.3, 0.4) is 0 Å². The maximum Gasteiger partial charge on any atom is 0.416 e. The molecular formula is C83H93F6N5O12S3. The van der Waals surface area contributed by atoms with Gasteiger partial charge in [0.1, 0.15) is 23.0 Å². The summed E-state index contributed by atoms with van der Waals surface area (Å²) in [6, 6.07) is 15.1. The Kier molecular flexibility index (Phi) is 26.2. The molecule has 5 aliphatic rings. The first-order valence-corrected chi connectivity index (χ1v) is 38.7. The minimum Gasteiger partial charge on any atom is -0.465 e. The number of halogens is 6. The Morgan fingerprint density at radius 3 is 1.07 bits per heavy atom. The van der Waals surface area contributed by atoms with Gasteiger partial charge in [0.2, 0.25) is 0 Å². The molecule has 0 aliphatic carbocycles. The van der Waals surface area contributed by atoms with Crippen LogP contribution in [0.15, 0.2) is 75.6 Å². The van der Waals surface area contributed by atoms with Gasteiger partial charge in [0.05, 0.1) is 83.8 Å². The van der Waals surface area contributed by atoms with E-state index in [0.29, 0.717) is 113 Å². The zero-order valence-electron chi connectivity index (χ0n) is 63.4. The Morgan fingerprint density at radius 2 is 0.716 bits per heavy atom. The number of anilines is 3. The number of terminal acetylenes is 1. The van der Waals surface area contributed by atoms with E-state index in [4.69, 9.17) is 15.3 Å². The van der Waals surface area contributed by atoms with Gasteiger partial charge < -0.3 is 8.83 Å². The highest BCUT2D eigenvalue weighted by atomic mass is 32.1. The molecule has 13 rings (SSSR count). The number of thiophene rings is 3. The van der Waals surface area contributed by atoms with Crippen molar-refractivity contribution in [2.24, 2.45) is 5.92 Å². The minimum absolute atomic E-state index is 0. The van der Waals surface area contributed by atoms with Crippen molar-refractivity contribution in [1.82, 2.24) is 9.80 Å². The summed E-state index contributed by atoms with van der Waals surface area (Å²) in [6.45, 7) is 26.5. The summed E-state index contributed by atoms with van der Waals surface area (Å²) < 4.78 is 87.4. The number of nitrogens with zero attached hydrogens (tertiary/aromatic N) is 5. The Hall–Kier alpha value is -9.84. The maximum absolute atomic E-state index is 13.0. The maximum atomic E-state index is 13.0. The summed E-state index contributed by atoms with van der Waals surface area (Å²) >= 11 is 4.23. The SMILES string of the molecule is C#CC(CCCC)CN1C(=O)c2c(C)oc(C)c2C1=O.CCCCCCCCN1C(=O)c2c(C)oc(C)c2C1=O.CCCCCCc1ccc(N2C(=O)c3c(C)sc(C)c3C2=O)cc1.Cc1cc(N2C(=O)c3c(C)sc(C)c3C2=O)cc(C(F)(F)F)c1.Cc1sc(C)c2c1C(=O)N(c1ccc(C(F)(F)F)cc1)C2=O.[HH].[HH].[HH]. The summed E-state index contributed by atoms with van der Waals surface area (Å²) in [7, 11) is 0. The highest BCUT2D eigenvalue weighted by molar-refractivity contribution is 7.13. The van der Waals surface area contributed by atoms with Gasteiger partial charge in [-0.1, -0.05) is 97.1 Å². The monoisotopic (exact) mass is 1560 g/mol. The standard InChI is InChI=1S/C20H23NO2S.C16H12F3NO2S.C16H19NO3.C16H23NO3.C15H10F3NO2S.3H2/c1-4-5-6-7-8-15-9-11-16(12-10-15)21-19(22)17-13(2)24-14(3)18(17)20(21)23;1-7-4-10(16(17,18)19)6-11(5-7)20-14(21)12-8(2)23-9(3)13(12)15(20)22;1-5-7-8-12(6-2)9-17-15(18)13-10(3)20-11(4)14(13)16(17)19;1-4-5-6-7-8-9-10-17-15(18)13-11(2)20-12(3)14(13)16(17)19;1-7-11-12(8(2)22-7)14(21)19(13(11)20)10-5-3-9(4-6-10)15(16,17)18;;;/h9-12H,4-8H2,1-3H3;4-6H,1-3H3;2,12H,5,7-9H2,1,3-4H3;4-10H2,1-3H3;3-6H,1-2H3;3*1H. The van der Waals surface area contributed by atoms with E-state index in [1.165, 1.54) is 119 Å². The van der Waals surface area contributed by atoms with Gasteiger partial charge >= 0.3 is 12.4 Å². The van der Waals surface area contributed by atoms with Crippen LogP contribution < -0.4 is 14.7 Å². The molecule has 5 aliphatic heterocycles. The third kappa shape index (κ3) is 17.1. The van der Waals surface area contributed by atoms with Crippen LogP contribution in [-0.4, -0.2) is 82.0 Å². The first kappa shape index (κ1) is 83.2. The second kappa shape index (κ2) is 34.4. The van der Waals surface area contributed by atoms with Crippen molar-refractivity contribution in [2.75, 3.05) is 27.8 Å². The molecule has 3 aromatic carbocycles. The molecule has 1 unspecified atom stereocenters. The molecule has 5 aromatic heterocycles. The number of unbranched alkanes of at least 4 members (excludes halogenated alkanes) is 9. The molecule has 10 amide bonds. The Labute approximate surface area is 646 Å². The van der Waals surface area contributed by atoms with E-state index in [9.17, 15) is 74.3 Å². The smallest absolute Gasteiger partial charge is 0.416 e. The lowest BCUT2D eigenvalue weighted by atomic mass is 10.0. The van der Waals surface area contributed by atoms with Gasteiger partial charge in [-0.05, 0) is 168 Å². The van der Waals surface area contributed by atoms with Crippen molar-refractivity contribution in [2.45, 2.75) is 199 Å². The third-order valence-electron chi connectivity index (χ3n) is 19.5. The molecule has 0 fully saturated rings. The summed E-state index contributed by atoms with van der Waals surface area (Å²) in [5.41, 5.74) is 4.88. The van der Waals surface area contributed by atoms with Gasteiger partial charge in [-0.3, -0.25) is 57.7 Å². The van der Waals surface area contributed by atoms with Gasteiger partial charge in [0.15, 0.2) is 0 Å². The summed E-state index contributed by atoms with van der Waals surface area (Å²) in [4.78, 5) is 135. The summed E-state index contributed by atoms with van der Waals surface area (Å²) in [5.74, 6) is 1.32. The predicted octanol–water partition coefficient (Wildman–Crippen LogP) is 21.5. The Bertz CT molecular complexity index is 4780. The molecular weight excluding hydrogens is 1470 g/mol. The van der Waals surface area contributed by atoms with E-state index in [0.717, 1.165) is 104 Å². The number of aryl methyl sites for hydroxylation is 12. The van der Waals surface area contributed by atoms with Crippen molar-refractivity contribution in [3.63, 3.8) is 0 Å². The highest BCUT2D eigenvalue weighted by Gasteiger charge is 2.46. The predicted molar refractivity (Wildman–Crippen MR) is 415 cm³/mol. The van der Waals surface area contributed by atoms with Crippen molar-refractivity contribution in [3.05, 3.63) is 197 Å². The van der Waals surface area contributed by atoms with Crippen LogP contribution in [0, 0.1) is 94.4 Å². The molecule has 0 saturated heterocycles. The van der Waals surface area contributed by atoms with Crippen molar-refractivity contribution < 1.29 is 87.4 Å². The number of hydrogen-bond acceptors (Lipinski definition) is 15. The molecule has 1 atom stereocenters. The molecule has 0 bridgehead atoms. The largest absolute Gasteiger partial charge is 0.465 e. The van der Waals surface area contributed by atoms with Gasteiger partial charge in [-0.25, -0.2) is 14.7 Å². The molecule has 0 saturated carbocycles. The molecule has 0 N–H and O–H groups in total. The summed E-state index contributed by atoms with van der Waals surface area (Å²) in [5, 5.41) is 0. The average molecular weight is 1560 g/mol. The van der Waals surface area contributed by atoms with E-state index in [-0.39, 0.29) is 57.0 Å². The van der Waals surface area contributed by atoms with E-state index >= 15 is 0 Å². The van der Waals surface area contributed by atoms with Crippen molar-refractivity contribution in [1.29, 1.82) is 0 Å². The number of fused-ring (bicyclic) bond motifs is 5. The topological polar surface area (TPSA) is 213 Å². The number of imide groups is 5. The number of carbonyl (C=O) groups excluding carboxylic acids is 10. The van der Waals surface area contributed by atoms with E-state index in [1.807, 2.05) is 38.1 Å². The molecule has 109 heavy (non-hydrogen) atoms. The van der Waals surface area contributed by atoms with Crippen LogP contribution in [0.5, 0.6) is 0 Å². The first-order chi connectivity index (χ1) is 51.4. The second-order valence-electron chi connectivity index (χ2n) is 27.5. The van der Waals surface area contributed by atoms with Crippen LogP contribution >= 0.6 is 34.0 Å². The minimum atomic E-state index is -4.54. The fourth-order valence-corrected chi connectivity index (χ4v) is 17.2. The normalized spacial score (nSPS) is 14.5. The number of alkyl halides is 6. The zero-order chi connectivity index (χ0) is 80.2. The number of hydrogen-bond donors (Lipinski definition) is 0. The van der Waals surface area contributed by atoms with Crippen molar-refractivity contribution >= 4 is 110 Å². The van der Waals surface area contributed by atoms with Crippen molar-refractivity contribution in [3.8, 4) is 12.3 Å². The number of furan rings is 2. The Balaban J connectivity index is 0.000000217. The lowest BCUT2D eigenvalue weighted by Gasteiger charge is -2.18. The molecule has 8 aromatic rings. The molecule has 0 radical (unpaired) electrons. The molecule has 582 valence electrons. The number of amides is 10.